The summed E-state index contributed by atoms with van der Waals surface area (Å²) in [6.45, 7) is 4.59. The molecule has 0 saturated heterocycles. The van der Waals surface area contributed by atoms with E-state index in [1.807, 2.05) is 0 Å². The number of rotatable bonds is 8. The van der Waals surface area contributed by atoms with Crippen LogP contribution in [0.4, 0.5) is 4.79 Å². The fourth-order valence-electron chi connectivity index (χ4n) is 2.05. The van der Waals surface area contributed by atoms with E-state index in [2.05, 4.69) is 5.32 Å². The number of hydrogen-bond acceptors (Lipinski definition) is 6. The second-order valence-electron chi connectivity index (χ2n) is 6.68. The molecule has 2 atom stereocenters. The lowest BCUT2D eigenvalue weighted by atomic mass is 10.1. The highest BCUT2D eigenvalue weighted by molar-refractivity contribution is 5.89. The third-order valence-electron chi connectivity index (χ3n) is 3.27. The average Bonchev–Trinajstić information content (AvgIpc) is 2.56. The van der Waals surface area contributed by atoms with Crippen LogP contribution in [0.1, 0.15) is 44.0 Å². The Balaban J connectivity index is 2.48. The fourth-order valence-corrected chi connectivity index (χ4v) is 2.05. The molecule has 0 heterocycles. The third kappa shape index (κ3) is 8.51. The quantitative estimate of drug-likeness (QED) is 0.616. The molecule has 3 N–H and O–H groups in total. The van der Waals surface area contributed by atoms with Gasteiger partial charge in [-0.3, -0.25) is 0 Å². The number of aliphatic hydroxyl groups is 2. The van der Waals surface area contributed by atoms with Gasteiger partial charge in [0.15, 0.2) is 0 Å². The van der Waals surface area contributed by atoms with Crippen molar-refractivity contribution in [1.82, 2.24) is 5.32 Å². The molecule has 0 fully saturated rings. The summed E-state index contributed by atoms with van der Waals surface area (Å²) in [7, 11) is 0. The first-order valence-electron chi connectivity index (χ1n) is 8.22. The summed E-state index contributed by atoms with van der Waals surface area (Å²) >= 11 is 0. The zero-order chi connectivity index (χ0) is 18.9. The molecule has 0 saturated carbocycles. The Morgan fingerprint density at radius 3 is 2.24 bits per heavy atom. The SMILES string of the molecule is CC(C)(C)OC(=O)N[C@H](CO)CC[C@@H](CO)OC(=O)c1ccccc1. The number of esters is 1. The van der Waals surface area contributed by atoms with Crippen molar-refractivity contribution in [1.29, 1.82) is 0 Å². The maximum Gasteiger partial charge on any atom is 0.407 e. The van der Waals surface area contributed by atoms with E-state index in [9.17, 15) is 19.8 Å². The summed E-state index contributed by atoms with van der Waals surface area (Å²) in [6, 6.07) is 7.91. The topological polar surface area (TPSA) is 105 Å². The lowest BCUT2D eigenvalue weighted by Crippen LogP contribution is -2.41. The van der Waals surface area contributed by atoms with Crippen LogP contribution in [0, 0.1) is 0 Å². The van der Waals surface area contributed by atoms with Gasteiger partial charge in [0.2, 0.25) is 0 Å². The van der Waals surface area contributed by atoms with Gasteiger partial charge in [-0.2, -0.15) is 0 Å². The van der Waals surface area contributed by atoms with Crippen LogP contribution in [0.5, 0.6) is 0 Å². The van der Waals surface area contributed by atoms with Gasteiger partial charge in [-0.25, -0.2) is 9.59 Å². The van der Waals surface area contributed by atoms with Crippen LogP contribution in [-0.2, 0) is 9.47 Å². The number of carbonyl (C=O) groups is 2. The summed E-state index contributed by atoms with van der Waals surface area (Å²) < 4.78 is 10.4. The van der Waals surface area contributed by atoms with E-state index in [1.54, 1.807) is 51.1 Å². The maximum absolute atomic E-state index is 12.0. The molecule has 0 radical (unpaired) electrons. The van der Waals surface area contributed by atoms with Crippen LogP contribution in [0.2, 0.25) is 0 Å². The Kier molecular flexibility index (Phi) is 8.37. The van der Waals surface area contributed by atoms with Gasteiger partial charge in [-0.15, -0.1) is 0 Å². The van der Waals surface area contributed by atoms with Crippen LogP contribution >= 0.6 is 0 Å². The van der Waals surface area contributed by atoms with E-state index in [0.717, 1.165) is 0 Å². The molecule has 1 aromatic rings. The molecular weight excluding hydrogens is 326 g/mol. The van der Waals surface area contributed by atoms with E-state index >= 15 is 0 Å². The highest BCUT2D eigenvalue weighted by Crippen LogP contribution is 2.11. The number of amides is 1. The van der Waals surface area contributed by atoms with Crippen molar-refractivity contribution in [3.8, 4) is 0 Å². The van der Waals surface area contributed by atoms with Crippen molar-refractivity contribution >= 4 is 12.1 Å². The van der Waals surface area contributed by atoms with Gasteiger partial charge < -0.3 is 25.0 Å². The molecule has 0 unspecified atom stereocenters. The molecule has 0 aliphatic carbocycles. The molecule has 1 rings (SSSR count). The molecule has 0 bridgehead atoms. The molecule has 25 heavy (non-hydrogen) atoms. The maximum atomic E-state index is 12.0. The van der Waals surface area contributed by atoms with E-state index in [0.29, 0.717) is 12.0 Å². The van der Waals surface area contributed by atoms with Crippen LogP contribution in [0.15, 0.2) is 30.3 Å². The Labute approximate surface area is 147 Å². The molecule has 7 heteroatoms. The summed E-state index contributed by atoms with van der Waals surface area (Å²) in [5.74, 6) is -0.528. The minimum absolute atomic E-state index is 0.288. The van der Waals surface area contributed by atoms with E-state index in [-0.39, 0.29) is 19.6 Å². The lowest BCUT2D eigenvalue weighted by molar-refractivity contribution is 0.00879. The second-order valence-corrected chi connectivity index (χ2v) is 6.68. The Morgan fingerprint density at radius 2 is 1.72 bits per heavy atom. The first-order valence-corrected chi connectivity index (χ1v) is 8.22. The smallest absolute Gasteiger partial charge is 0.407 e. The fraction of sp³-hybridized carbons (Fsp3) is 0.556. The molecule has 7 nitrogen and oxygen atoms in total. The number of carbonyl (C=O) groups excluding carboxylic acids is 2. The zero-order valence-corrected chi connectivity index (χ0v) is 14.9. The van der Waals surface area contributed by atoms with Gasteiger partial charge in [-0.1, -0.05) is 18.2 Å². The van der Waals surface area contributed by atoms with Crippen LogP contribution < -0.4 is 5.32 Å². The lowest BCUT2D eigenvalue weighted by Gasteiger charge is -2.23. The van der Waals surface area contributed by atoms with Gasteiger partial charge in [0.05, 0.1) is 24.8 Å². The van der Waals surface area contributed by atoms with Crippen LogP contribution in [0.3, 0.4) is 0 Å². The molecule has 1 amide bonds. The van der Waals surface area contributed by atoms with Crippen molar-refractivity contribution in [2.45, 2.75) is 51.4 Å². The first-order chi connectivity index (χ1) is 11.7. The number of nitrogens with one attached hydrogen (secondary N) is 1. The van der Waals surface area contributed by atoms with Crippen molar-refractivity contribution in [3.05, 3.63) is 35.9 Å². The molecule has 0 spiro atoms. The normalized spacial score (nSPS) is 13.6. The van der Waals surface area contributed by atoms with Crippen molar-refractivity contribution in [2.24, 2.45) is 0 Å². The van der Waals surface area contributed by atoms with Crippen molar-refractivity contribution in [2.75, 3.05) is 13.2 Å². The standard InChI is InChI=1S/C18H27NO6/c1-18(2,3)25-17(23)19-14(11-20)9-10-15(12-21)24-16(22)13-7-5-4-6-8-13/h4-8,14-15,20-21H,9-12H2,1-3H3,(H,19,23)/t14-,15-/m0/s1. The summed E-state index contributed by atoms with van der Waals surface area (Å²) in [4.78, 5) is 23.7. The predicted molar refractivity (Wildman–Crippen MR) is 92.2 cm³/mol. The van der Waals surface area contributed by atoms with Gasteiger partial charge in [0.25, 0.3) is 0 Å². The Hall–Kier alpha value is -2.12. The largest absolute Gasteiger partial charge is 0.456 e. The monoisotopic (exact) mass is 353 g/mol. The van der Waals surface area contributed by atoms with Gasteiger partial charge in [-0.05, 0) is 45.7 Å². The zero-order valence-electron chi connectivity index (χ0n) is 14.9. The minimum atomic E-state index is -0.720. The van der Waals surface area contributed by atoms with Crippen molar-refractivity contribution < 1.29 is 29.3 Å². The Morgan fingerprint density at radius 1 is 1.08 bits per heavy atom. The Bertz CT molecular complexity index is 540. The second kappa shape index (κ2) is 10.0. The van der Waals surface area contributed by atoms with E-state index in [4.69, 9.17) is 9.47 Å². The van der Waals surface area contributed by atoms with Crippen molar-refractivity contribution in [3.63, 3.8) is 0 Å². The van der Waals surface area contributed by atoms with E-state index < -0.39 is 29.8 Å². The first kappa shape index (κ1) is 20.9. The molecule has 0 aromatic heterocycles. The number of benzene rings is 1. The molecule has 140 valence electrons. The van der Waals surface area contributed by atoms with Crippen LogP contribution in [0.25, 0.3) is 0 Å². The highest BCUT2D eigenvalue weighted by atomic mass is 16.6. The summed E-state index contributed by atoms with van der Waals surface area (Å²) in [5.41, 5.74) is -0.241. The average molecular weight is 353 g/mol. The molecule has 0 aliphatic heterocycles. The highest BCUT2D eigenvalue weighted by Gasteiger charge is 2.21. The van der Waals surface area contributed by atoms with Gasteiger partial charge in [0.1, 0.15) is 11.7 Å². The molecule has 1 aromatic carbocycles. The third-order valence-corrected chi connectivity index (χ3v) is 3.27. The van der Waals surface area contributed by atoms with Gasteiger partial charge >= 0.3 is 12.1 Å². The predicted octanol–water partition coefficient (Wildman–Crippen LogP) is 1.87. The summed E-state index contributed by atoms with van der Waals surface area (Å²) in [5, 5.41) is 21.3. The summed E-state index contributed by atoms with van der Waals surface area (Å²) in [6.07, 6.45) is -0.741. The minimum Gasteiger partial charge on any atom is -0.456 e. The van der Waals surface area contributed by atoms with Gasteiger partial charge in [0, 0.05) is 0 Å². The molecule has 0 aliphatic rings. The number of alkyl carbamates (subject to hydrolysis) is 1. The number of hydrogen-bond donors (Lipinski definition) is 3. The van der Waals surface area contributed by atoms with E-state index in [1.165, 1.54) is 0 Å². The van der Waals surface area contributed by atoms with Crippen LogP contribution in [-0.4, -0.2) is 53.2 Å². The number of ether oxygens (including phenoxy) is 2. The molecular formula is C18H27NO6. The number of aliphatic hydroxyl groups excluding tert-OH is 2.